The summed E-state index contributed by atoms with van der Waals surface area (Å²) in [5.41, 5.74) is 11.0. The molecular weight excluding hydrogens is 1020 g/mol. The third-order valence-electron chi connectivity index (χ3n) is 16.2. The zero-order valence-corrected chi connectivity index (χ0v) is 45.4. The van der Waals surface area contributed by atoms with Gasteiger partial charge in [-0.15, -0.1) is 11.3 Å². The van der Waals surface area contributed by atoms with Crippen molar-refractivity contribution in [1.82, 2.24) is 13.7 Å². The van der Waals surface area contributed by atoms with Crippen LogP contribution < -0.4 is 5.32 Å². The Hall–Kier alpha value is -11.0. The number of nitriles is 2. The van der Waals surface area contributed by atoms with E-state index in [1.807, 2.05) is 79.8 Å². The van der Waals surface area contributed by atoms with E-state index in [1.54, 1.807) is 11.3 Å². The molecule has 15 aromatic rings. The van der Waals surface area contributed by atoms with Crippen molar-refractivity contribution in [2.45, 2.75) is 6.92 Å². The lowest BCUT2D eigenvalue weighted by Crippen LogP contribution is -2.16. The van der Waals surface area contributed by atoms with E-state index < -0.39 is 0 Å². The number of para-hydroxylation sites is 4. The summed E-state index contributed by atoms with van der Waals surface area (Å²) in [5, 5.41) is 41.9. The number of aromatic nitrogens is 3. The van der Waals surface area contributed by atoms with Crippen LogP contribution in [0.4, 0.5) is 5.69 Å². The second-order valence-corrected chi connectivity index (χ2v) is 21.7. The number of nitrogens with one attached hydrogen (secondary N) is 1. The minimum absolute atomic E-state index is 0.289. The van der Waals surface area contributed by atoms with Gasteiger partial charge in [-0.25, -0.2) is 0 Å². The van der Waals surface area contributed by atoms with Crippen LogP contribution in [-0.2, 0) is 0 Å². The SMILES string of the molecule is C=C(\C=C/C=C\C=C/C=C\C)Nc1c(C#N)c(-n2c3ccccc3c3ccccc32)c(C#N)c(-n2c3ccccc3c3ccccc32)c1-n1c2cccc(-c3cccc4ccc5ccccc5c34)c2c2ccc3c4ccccc4sc3c21. The van der Waals surface area contributed by atoms with E-state index in [2.05, 4.69) is 220 Å². The molecule has 4 heterocycles. The van der Waals surface area contributed by atoms with Crippen LogP contribution in [0.3, 0.4) is 0 Å². The molecule has 82 heavy (non-hydrogen) atoms. The number of fused-ring (bicyclic) bond motifs is 16. The largest absolute Gasteiger partial charge is 0.353 e. The second kappa shape index (κ2) is 19.4. The van der Waals surface area contributed by atoms with Crippen LogP contribution in [0.15, 0.2) is 267 Å². The van der Waals surface area contributed by atoms with Crippen molar-refractivity contribution >= 4 is 124 Å². The van der Waals surface area contributed by atoms with Gasteiger partial charge in [0.25, 0.3) is 0 Å². The molecule has 0 amide bonds. The molecule has 1 N–H and O–H groups in total. The first-order chi connectivity index (χ1) is 40.6. The smallest absolute Gasteiger partial charge is 0.104 e. The molecule has 0 fully saturated rings. The van der Waals surface area contributed by atoms with Gasteiger partial charge in [0.2, 0.25) is 0 Å². The summed E-state index contributed by atoms with van der Waals surface area (Å²) in [4.78, 5) is 0. The molecule has 0 spiro atoms. The minimum atomic E-state index is 0.289. The first kappa shape index (κ1) is 48.2. The average molecular weight is 1070 g/mol. The maximum atomic E-state index is 12.5. The van der Waals surface area contributed by atoms with Gasteiger partial charge in [-0.2, -0.15) is 10.5 Å². The second-order valence-electron chi connectivity index (χ2n) is 20.6. The van der Waals surface area contributed by atoms with Crippen LogP contribution in [0.5, 0.6) is 0 Å². The molecule has 0 saturated heterocycles. The number of thiophene rings is 1. The highest BCUT2D eigenvalue weighted by Crippen LogP contribution is 2.52. The Morgan fingerprint density at radius 3 is 1.57 bits per heavy atom. The van der Waals surface area contributed by atoms with Gasteiger partial charge >= 0.3 is 0 Å². The van der Waals surface area contributed by atoms with E-state index in [-0.39, 0.29) is 5.56 Å². The summed E-state index contributed by atoms with van der Waals surface area (Å²) in [5.74, 6) is 0. The molecule has 0 aliphatic heterocycles. The molecule has 6 nitrogen and oxygen atoms in total. The number of nitrogens with zero attached hydrogens (tertiary/aromatic N) is 5. The molecule has 0 saturated carbocycles. The molecule has 11 aromatic carbocycles. The highest BCUT2D eigenvalue weighted by atomic mass is 32.1. The third kappa shape index (κ3) is 7.24. The van der Waals surface area contributed by atoms with Gasteiger partial charge in [0.15, 0.2) is 0 Å². The molecule has 0 unspecified atom stereocenters. The molecule has 0 bridgehead atoms. The Morgan fingerprint density at radius 2 is 0.927 bits per heavy atom. The number of benzene rings is 11. The lowest BCUT2D eigenvalue weighted by molar-refractivity contribution is 1.06. The van der Waals surface area contributed by atoms with Crippen molar-refractivity contribution in [2.24, 2.45) is 0 Å². The van der Waals surface area contributed by atoms with Gasteiger partial charge in [-0.1, -0.05) is 219 Å². The van der Waals surface area contributed by atoms with Crippen molar-refractivity contribution in [3.8, 4) is 40.3 Å². The highest BCUT2D eigenvalue weighted by Gasteiger charge is 2.34. The molecule has 7 heteroatoms. The summed E-state index contributed by atoms with van der Waals surface area (Å²) in [7, 11) is 0. The molecule has 0 aliphatic carbocycles. The van der Waals surface area contributed by atoms with Crippen molar-refractivity contribution < 1.29 is 0 Å². The van der Waals surface area contributed by atoms with Crippen LogP contribution >= 0.6 is 11.3 Å². The quantitative estimate of drug-likeness (QED) is 0.110. The first-order valence-electron chi connectivity index (χ1n) is 27.4. The van der Waals surface area contributed by atoms with Crippen LogP contribution in [0.2, 0.25) is 0 Å². The summed E-state index contributed by atoms with van der Waals surface area (Å²) in [6.45, 7) is 6.67. The highest BCUT2D eigenvalue weighted by molar-refractivity contribution is 7.26. The van der Waals surface area contributed by atoms with Crippen molar-refractivity contribution in [3.63, 3.8) is 0 Å². The van der Waals surface area contributed by atoms with Crippen molar-refractivity contribution in [1.29, 1.82) is 10.5 Å². The molecular formula is C75H48N6S. The van der Waals surface area contributed by atoms with Gasteiger partial charge in [0.05, 0.1) is 60.5 Å². The maximum Gasteiger partial charge on any atom is 0.104 e. The summed E-state index contributed by atoms with van der Waals surface area (Å²) >= 11 is 1.77. The molecule has 15 rings (SSSR count). The van der Waals surface area contributed by atoms with Gasteiger partial charge in [-0.3, -0.25) is 0 Å². The van der Waals surface area contributed by atoms with Gasteiger partial charge in [-0.05, 0) is 82.1 Å². The van der Waals surface area contributed by atoms with Gasteiger partial charge in [0.1, 0.15) is 23.3 Å². The first-order valence-corrected chi connectivity index (χ1v) is 28.3. The van der Waals surface area contributed by atoms with E-state index in [0.29, 0.717) is 34.0 Å². The predicted octanol–water partition coefficient (Wildman–Crippen LogP) is 20.2. The van der Waals surface area contributed by atoms with E-state index in [1.165, 1.54) is 16.2 Å². The zero-order valence-electron chi connectivity index (χ0n) is 44.6. The fourth-order valence-corrected chi connectivity index (χ4v) is 14.1. The van der Waals surface area contributed by atoms with E-state index in [0.717, 1.165) is 102 Å². The van der Waals surface area contributed by atoms with Crippen LogP contribution in [0.1, 0.15) is 18.1 Å². The molecule has 4 aromatic heterocycles. The summed E-state index contributed by atoms with van der Waals surface area (Å²) < 4.78 is 9.01. The molecule has 384 valence electrons. The number of anilines is 1. The topological polar surface area (TPSA) is 74.4 Å². The third-order valence-corrected chi connectivity index (χ3v) is 17.4. The van der Waals surface area contributed by atoms with E-state index in [9.17, 15) is 10.5 Å². The monoisotopic (exact) mass is 1060 g/mol. The zero-order chi connectivity index (χ0) is 55.0. The number of hydrogen-bond donors (Lipinski definition) is 1. The number of rotatable bonds is 10. The minimum Gasteiger partial charge on any atom is -0.353 e. The molecule has 0 atom stereocenters. The lowest BCUT2D eigenvalue weighted by atomic mass is 9.91. The Kier molecular flexibility index (Phi) is 11.4. The molecule has 0 aliphatic rings. The van der Waals surface area contributed by atoms with Crippen molar-refractivity contribution in [3.05, 3.63) is 278 Å². The predicted molar refractivity (Wildman–Crippen MR) is 347 cm³/mol. The summed E-state index contributed by atoms with van der Waals surface area (Å²) in [6, 6.07) is 78.6. The normalized spacial score (nSPS) is 12.3. The van der Waals surface area contributed by atoms with E-state index in [4.69, 9.17) is 0 Å². The Balaban J connectivity index is 1.19. The number of hydrogen-bond acceptors (Lipinski definition) is 4. The molecule has 0 radical (unpaired) electrons. The standard InChI is InChI=1S/C75H48N6S/c1-3-4-5-6-7-8-9-24-47(2)78-70-60(45-76)71(79-62-35-17-12-28-51(62)52-29-13-18-36-63(52)79)61(46-77)72(80-64-37-19-14-30-53(64)54-31-15-20-38-65(54)80)74(70)81-66-39-23-34-57(56-33-22-26-49-42-41-48-25-10-11-27-50(48)68(49)56)69(66)59-44-43-58-55-32-16-21-40-67(55)82-75(58)73(59)81/h3-44,78H,2H2,1H3/b4-3-,6-5-,8-7-,24-9-. The Bertz CT molecular complexity index is 5330. The van der Waals surface area contributed by atoms with Crippen LogP contribution in [0, 0.1) is 22.7 Å². The van der Waals surface area contributed by atoms with Gasteiger partial charge < -0.3 is 19.0 Å². The van der Waals surface area contributed by atoms with Crippen LogP contribution in [-0.4, -0.2) is 13.7 Å². The fourth-order valence-electron chi connectivity index (χ4n) is 12.8. The lowest BCUT2D eigenvalue weighted by Gasteiger charge is -2.26. The van der Waals surface area contributed by atoms with Crippen molar-refractivity contribution in [2.75, 3.05) is 5.32 Å². The van der Waals surface area contributed by atoms with Gasteiger partial charge in [0, 0.05) is 53.5 Å². The van der Waals surface area contributed by atoms with E-state index >= 15 is 0 Å². The Labute approximate surface area is 476 Å². The number of allylic oxidation sites excluding steroid dienone is 8. The van der Waals surface area contributed by atoms with Crippen LogP contribution in [0.25, 0.3) is 135 Å². The average Bonchev–Trinajstić information content (AvgIpc) is 2.63. The Morgan fingerprint density at radius 1 is 0.427 bits per heavy atom. The summed E-state index contributed by atoms with van der Waals surface area (Å²) in [6.07, 6.45) is 15.8. The maximum absolute atomic E-state index is 12.5. The fraction of sp³-hybridized carbons (Fsp3) is 0.0133.